The van der Waals surface area contributed by atoms with E-state index >= 15 is 0 Å². The van der Waals surface area contributed by atoms with Gasteiger partial charge in [0.1, 0.15) is 8.07 Å². The molecule has 0 atom stereocenters. The van der Waals surface area contributed by atoms with Crippen molar-refractivity contribution < 1.29 is 9.53 Å². The number of ether oxygens (including phenoxy) is 1. The van der Waals surface area contributed by atoms with Gasteiger partial charge in [-0.1, -0.05) is 77.8 Å². The van der Waals surface area contributed by atoms with Crippen molar-refractivity contribution in [3.05, 3.63) is 42.0 Å². The third-order valence-electron chi connectivity index (χ3n) is 4.91. The molecule has 1 aromatic carbocycles. The van der Waals surface area contributed by atoms with Crippen LogP contribution in [0.4, 0.5) is 0 Å². The van der Waals surface area contributed by atoms with Crippen molar-refractivity contribution in [2.45, 2.75) is 65.1 Å². The number of esters is 1. The average molecular weight is 357 g/mol. The maximum absolute atomic E-state index is 12.0. The molecule has 2 nitrogen and oxygen atoms in total. The first-order chi connectivity index (χ1) is 11.8. The quantitative estimate of drug-likeness (QED) is 0.276. The average Bonchev–Trinajstić information content (AvgIpc) is 2.54. The number of benzene rings is 1. The van der Waals surface area contributed by atoms with Crippen LogP contribution in [-0.4, -0.2) is 20.7 Å². The molecular weight excluding hydrogens is 324 g/mol. The zero-order chi connectivity index (χ0) is 19.0. The highest BCUT2D eigenvalue weighted by Crippen LogP contribution is 2.40. The van der Waals surface area contributed by atoms with Crippen molar-refractivity contribution in [1.29, 1.82) is 0 Å². The van der Waals surface area contributed by atoms with Crippen LogP contribution in [0.15, 0.2) is 36.4 Å². The van der Waals surface area contributed by atoms with Gasteiger partial charge in [0, 0.05) is 11.6 Å². The molecule has 0 spiro atoms. The Morgan fingerprint density at radius 1 is 1.04 bits per heavy atom. The van der Waals surface area contributed by atoms with Crippen LogP contribution >= 0.6 is 0 Å². The van der Waals surface area contributed by atoms with E-state index in [1.807, 2.05) is 37.3 Å². The molecule has 0 heterocycles. The largest absolute Gasteiger partial charge is 0.463 e. The summed E-state index contributed by atoms with van der Waals surface area (Å²) in [6, 6.07) is 9.88. The molecule has 0 N–H and O–H groups in total. The standard InChI is InChI=1S/C22H32O2Si/c1-8-24-22(23)16-21(20-12-10-9-11-13-20)14-15-25(17(2)3,18(4)5)19(6)7/h9-13,16-19H,8H2,1-7H3/b21-16-. The summed E-state index contributed by atoms with van der Waals surface area (Å²) in [5.41, 5.74) is 7.06. The SMILES string of the molecule is CCOC(=O)/C=C(/C#C[Si](C(C)C)(C(C)C)C(C)C)c1ccccc1. The Morgan fingerprint density at radius 3 is 2.00 bits per heavy atom. The van der Waals surface area contributed by atoms with E-state index in [-0.39, 0.29) is 5.97 Å². The van der Waals surface area contributed by atoms with E-state index in [2.05, 4.69) is 53.0 Å². The smallest absolute Gasteiger partial charge is 0.332 e. The van der Waals surface area contributed by atoms with Gasteiger partial charge in [0.25, 0.3) is 0 Å². The molecule has 0 saturated heterocycles. The normalized spacial score (nSPS) is 12.3. The monoisotopic (exact) mass is 356 g/mol. The van der Waals surface area contributed by atoms with E-state index in [1.54, 1.807) is 0 Å². The lowest BCUT2D eigenvalue weighted by Crippen LogP contribution is -2.43. The van der Waals surface area contributed by atoms with Crippen molar-refractivity contribution >= 4 is 19.6 Å². The third kappa shape index (κ3) is 5.34. The summed E-state index contributed by atoms with van der Waals surface area (Å²) in [5.74, 6) is 3.05. The van der Waals surface area contributed by atoms with E-state index in [0.29, 0.717) is 23.2 Å². The molecule has 0 aliphatic heterocycles. The first-order valence-electron chi connectivity index (χ1n) is 9.22. The maximum Gasteiger partial charge on any atom is 0.332 e. The van der Waals surface area contributed by atoms with Gasteiger partial charge in [0.2, 0.25) is 0 Å². The lowest BCUT2D eigenvalue weighted by atomic mass is 10.1. The van der Waals surface area contributed by atoms with Gasteiger partial charge in [-0.3, -0.25) is 0 Å². The predicted molar refractivity (Wildman–Crippen MR) is 110 cm³/mol. The summed E-state index contributed by atoms with van der Waals surface area (Å²) in [5, 5.41) is 0. The molecule has 0 saturated carbocycles. The number of carbonyl (C=O) groups is 1. The molecule has 0 aliphatic carbocycles. The van der Waals surface area contributed by atoms with Crippen LogP contribution in [0.3, 0.4) is 0 Å². The van der Waals surface area contributed by atoms with Gasteiger partial charge < -0.3 is 4.74 Å². The number of hydrogen-bond donors (Lipinski definition) is 0. The van der Waals surface area contributed by atoms with E-state index in [0.717, 1.165) is 11.1 Å². The van der Waals surface area contributed by atoms with Gasteiger partial charge in [0.05, 0.1) is 6.61 Å². The van der Waals surface area contributed by atoms with E-state index in [9.17, 15) is 4.79 Å². The summed E-state index contributed by atoms with van der Waals surface area (Å²) in [4.78, 5) is 12.0. The minimum Gasteiger partial charge on any atom is -0.463 e. The third-order valence-corrected chi connectivity index (χ3v) is 11.2. The van der Waals surface area contributed by atoms with Crippen LogP contribution in [0.5, 0.6) is 0 Å². The summed E-state index contributed by atoms with van der Waals surface area (Å²) in [6.45, 7) is 15.9. The molecule has 0 amide bonds. The molecular formula is C22H32O2Si. The van der Waals surface area contributed by atoms with Crippen LogP contribution in [0.2, 0.25) is 16.6 Å². The lowest BCUT2D eigenvalue weighted by Gasteiger charge is -2.38. The van der Waals surface area contributed by atoms with Crippen molar-refractivity contribution in [3.8, 4) is 11.5 Å². The van der Waals surface area contributed by atoms with E-state index in [1.165, 1.54) is 6.08 Å². The fraction of sp³-hybridized carbons (Fsp3) is 0.500. The zero-order valence-electron chi connectivity index (χ0n) is 16.7. The van der Waals surface area contributed by atoms with Gasteiger partial charge in [-0.25, -0.2) is 4.79 Å². The van der Waals surface area contributed by atoms with Gasteiger partial charge in [-0.2, -0.15) is 0 Å². The first-order valence-corrected chi connectivity index (χ1v) is 11.5. The van der Waals surface area contributed by atoms with Crippen LogP contribution in [0, 0.1) is 11.5 Å². The maximum atomic E-state index is 12.0. The molecule has 3 heteroatoms. The molecule has 0 aliphatic rings. The Labute approximate surface area is 154 Å². The Balaban J connectivity index is 3.44. The van der Waals surface area contributed by atoms with E-state index < -0.39 is 8.07 Å². The van der Waals surface area contributed by atoms with Crippen molar-refractivity contribution in [3.63, 3.8) is 0 Å². The molecule has 0 aromatic heterocycles. The number of hydrogen-bond acceptors (Lipinski definition) is 2. The second-order valence-corrected chi connectivity index (χ2v) is 12.9. The van der Waals surface area contributed by atoms with Crippen LogP contribution in [0.25, 0.3) is 5.57 Å². The summed E-state index contributed by atoms with van der Waals surface area (Å²) in [6.07, 6.45) is 1.53. The lowest BCUT2D eigenvalue weighted by molar-refractivity contribution is -0.137. The van der Waals surface area contributed by atoms with Crippen LogP contribution in [-0.2, 0) is 9.53 Å². The highest BCUT2D eigenvalue weighted by atomic mass is 28.3. The fourth-order valence-electron chi connectivity index (χ4n) is 3.72. The molecule has 0 fully saturated rings. The molecule has 136 valence electrons. The topological polar surface area (TPSA) is 26.3 Å². The molecule has 0 bridgehead atoms. The molecule has 1 aromatic rings. The van der Waals surface area contributed by atoms with Crippen molar-refractivity contribution in [2.24, 2.45) is 0 Å². The molecule has 0 radical (unpaired) electrons. The first kappa shape index (κ1) is 21.2. The second-order valence-electron chi connectivity index (χ2n) is 7.32. The number of allylic oxidation sites excluding steroid dienone is 1. The van der Waals surface area contributed by atoms with Gasteiger partial charge in [0.15, 0.2) is 0 Å². The molecule has 25 heavy (non-hydrogen) atoms. The van der Waals surface area contributed by atoms with Crippen molar-refractivity contribution in [2.75, 3.05) is 6.61 Å². The summed E-state index contributed by atoms with van der Waals surface area (Å²) >= 11 is 0. The Hall–Kier alpha value is -1.79. The van der Waals surface area contributed by atoms with Crippen LogP contribution in [0.1, 0.15) is 54.0 Å². The number of carbonyl (C=O) groups excluding carboxylic acids is 1. The number of rotatable bonds is 6. The second kappa shape index (κ2) is 9.63. The van der Waals surface area contributed by atoms with E-state index in [4.69, 9.17) is 4.74 Å². The predicted octanol–water partition coefficient (Wildman–Crippen LogP) is 5.85. The Morgan fingerprint density at radius 2 is 1.56 bits per heavy atom. The summed E-state index contributed by atoms with van der Waals surface area (Å²) < 4.78 is 5.10. The van der Waals surface area contributed by atoms with Crippen LogP contribution < -0.4 is 0 Å². The zero-order valence-corrected chi connectivity index (χ0v) is 17.7. The fourth-order valence-corrected chi connectivity index (χ4v) is 8.94. The van der Waals surface area contributed by atoms with Gasteiger partial charge in [-0.05, 0) is 29.1 Å². The summed E-state index contributed by atoms with van der Waals surface area (Å²) in [7, 11) is -1.85. The minimum atomic E-state index is -1.85. The van der Waals surface area contributed by atoms with Crippen molar-refractivity contribution in [1.82, 2.24) is 0 Å². The Bertz CT molecular complexity index is 624. The highest BCUT2D eigenvalue weighted by Gasteiger charge is 2.41. The molecule has 0 unspecified atom stereocenters. The molecule has 1 rings (SSSR count). The van der Waals surface area contributed by atoms with Gasteiger partial charge in [-0.15, -0.1) is 5.54 Å². The van der Waals surface area contributed by atoms with Gasteiger partial charge >= 0.3 is 5.97 Å². The Kier molecular flexibility index (Phi) is 8.18. The minimum absolute atomic E-state index is 0.332. The highest BCUT2D eigenvalue weighted by molar-refractivity contribution is 6.90.